The van der Waals surface area contributed by atoms with Gasteiger partial charge in [0.25, 0.3) is 21.9 Å². The first-order valence-corrected chi connectivity index (χ1v) is 20.6. The predicted molar refractivity (Wildman–Crippen MR) is 239 cm³/mol. The molecule has 2 aromatic heterocycles. The Morgan fingerprint density at radius 1 is 0.635 bits per heavy atom. The van der Waals surface area contributed by atoms with Gasteiger partial charge in [-0.05, 0) is 83.9 Å². The molecule has 22 nitrogen and oxygen atoms in total. The maximum atomic E-state index is 12.8. The zero-order valence-corrected chi connectivity index (χ0v) is 35.7. The molecule has 0 atom stereocenters. The maximum absolute atomic E-state index is 12.8. The monoisotopic (exact) mass is 896 g/mol. The molecule has 0 fully saturated rings. The van der Waals surface area contributed by atoms with Crippen molar-refractivity contribution in [1.29, 1.82) is 0 Å². The van der Waals surface area contributed by atoms with E-state index in [9.17, 15) is 22.6 Å². The Kier molecular flexibility index (Phi) is 14.6. The van der Waals surface area contributed by atoms with Gasteiger partial charge in [-0.25, -0.2) is 5.26 Å². The van der Waals surface area contributed by atoms with Crippen molar-refractivity contribution in [1.82, 2.24) is 40.5 Å². The minimum atomic E-state index is -4.77. The van der Waals surface area contributed by atoms with Gasteiger partial charge in [-0.1, -0.05) is 29.3 Å². The molecule has 0 spiro atoms. The van der Waals surface area contributed by atoms with E-state index < -0.39 is 15.0 Å². The van der Waals surface area contributed by atoms with E-state index in [1.807, 2.05) is 0 Å². The Morgan fingerprint density at radius 3 is 1.62 bits per heavy atom. The summed E-state index contributed by atoms with van der Waals surface area (Å²) in [4.78, 5) is 51.8. The molecular weight excluding hydrogens is 857 g/mol. The zero-order chi connectivity index (χ0) is 45.1. The minimum absolute atomic E-state index is 0.130. The largest absolute Gasteiger partial charge is 0.357 e. The highest BCUT2D eigenvalue weighted by atomic mass is 32.2. The lowest BCUT2D eigenvalue weighted by atomic mass is 10.1. The first kappa shape index (κ1) is 45.1. The lowest BCUT2D eigenvalue weighted by Crippen LogP contribution is -2.17. The highest BCUT2D eigenvalue weighted by Gasteiger charge is 2.20. The van der Waals surface area contributed by atoms with Crippen LogP contribution in [0.2, 0.25) is 0 Å². The summed E-state index contributed by atoms with van der Waals surface area (Å²) in [6.45, 7) is 0. The molecule has 63 heavy (non-hydrogen) atoms. The molecular formula is C39H40N14O8S2. The lowest BCUT2D eigenvalue weighted by molar-refractivity contribution is -0.432. The molecule has 0 saturated carbocycles. The average Bonchev–Trinajstić information content (AvgIpc) is 3.29. The number of carbonyl (C=O) groups is 2. The van der Waals surface area contributed by atoms with Crippen molar-refractivity contribution in [3.8, 4) is 0 Å². The van der Waals surface area contributed by atoms with E-state index in [1.165, 1.54) is 30.2 Å². The predicted octanol–water partition coefficient (Wildman–Crippen LogP) is 5.70. The Balaban J connectivity index is 1.24. The summed E-state index contributed by atoms with van der Waals surface area (Å²) >= 11 is 0.656. The van der Waals surface area contributed by atoms with E-state index in [0.717, 1.165) is 0 Å². The van der Waals surface area contributed by atoms with E-state index in [1.54, 1.807) is 107 Å². The molecule has 6 aromatic rings. The van der Waals surface area contributed by atoms with Crippen LogP contribution in [0.4, 0.5) is 58.4 Å². The minimum Gasteiger partial charge on any atom is -0.357 e. The van der Waals surface area contributed by atoms with Crippen molar-refractivity contribution in [2.45, 2.75) is 9.79 Å². The summed E-state index contributed by atoms with van der Waals surface area (Å²) in [6.07, 6.45) is 3.05. The number of benzene rings is 4. The van der Waals surface area contributed by atoms with Gasteiger partial charge in [0, 0.05) is 74.0 Å². The van der Waals surface area contributed by atoms with Gasteiger partial charge in [0.15, 0.2) is 0 Å². The quantitative estimate of drug-likeness (QED) is 0.0164. The maximum Gasteiger partial charge on any atom is 0.295 e. The van der Waals surface area contributed by atoms with Crippen LogP contribution in [0.25, 0.3) is 12.2 Å². The van der Waals surface area contributed by atoms with Gasteiger partial charge in [-0.2, -0.15) is 38.3 Å². The number of anilines is 10. The third-order valence-corrected chi connectivity index (χ3v) is 10.4. The fourth-order valence-corrected chi connectivity index (χ4v) is 6.84. The zero-order valence-electron chi connectivity index (χ0n) is 34.0. The van der Waals surface area contributed by atoms with Gasteiger partial charge in [0.05, 0.1) is 12.0 Å². The van der Waals surface area contributed by atoms with Gasteiger partial charge in [-0.15, -0.1) is 4.33 Å². The van der Waals surface area contributed by atoms with Crippen LogP contribution in [0.3, 0.4) is 0 Å². The van der Waals surface area contributed by atoms with Crippen LogP contribution in [-0.4, -0.2) is 95.2 Å². The molecule has 0 aliphatic carbocycles. The molecule has 2 heterocycles. The molecule has 0 aliphatic rings. The van der Waals surface area contributed by atoms with Crippen molar-refractivity contribution in [2.75, 3.05) is 66.7 Å². The van der Waals surface area contributed by atoms with E-state index >= 15 is 0 Å². The highest BCUT2D eigenvalue weighted by Crippen LogP contribution is 2.32. The summed E-state index contributed by atoms with van der Waals surface area (Å²) in [6, 6.07) is 22.7. The smallest absolute Gasteiger partial charge is 0.295 e. The van der Waals surface area contributed by atoms with Crippen LogP contribution in [-0.2, 0) is 19.5 Å². The first-order chi connectivity index (χ1) is 30.3. The second-order valence-electron chi connectivity index (χ2n) is 12.8. The third kappa shape index (κ3) is 11.7. The number of hydrogen-bond donors (Lipinski definition) is 9. The Labute approximate surface area is 364 Å². The molecule has 9 N–H and O–H groups in total. The fourth-order valence-electron chi connectivity index (χ4n) is 5.63. The standard InChI is InChI=1S/C39H40N14O8S2/c1-40-32(54)24-9-14-26(15-10-24)44-36-47-34(42-3)48-37(50-36)46-28-18-8-22(30(20-28)62-61-60-56)6-7-23-13-19-29(21-31(23)63(57,58)59)53(5)39-51-35(43-4)49-38(52-39)45-27-16-11-25(12-17-27)33(55)41-2/h6-21,56H,1-5H3,(H,40,54)(H,41,55)(H,57,58,59)(H2,43,45,49,51,52)(H3,42,44,46,47,48,50)/b7-6+. The van der Waals surface area contributed by atoms with E-state index in [-0.39, 0.29) is 53.1 Å². The molecule has 0 bridgehead atoms. The second kappa shape index (κ2) is 20.4. The molecule has 0 aliphatic heterocycles. The lowest BCUT2D eigenvalue weighted by Gasteiger charge is -2.20. The van der Waals surface area contributed by atoms with Crippen LogP contribution in [0.5, 0.6) is 0 Å². The van der Waals surface area contributed by atoms with Gasteiger partial charge in [0.1, 0.15) is 4.90 Å². The topological polar surface area (TPSA) is 292 Å². The molecule has 24 heteroatoms. The summed E-state index contributed by atoms with van der Waals surface area (Å²) in [7, 11) is 3.19. The van der Waals surface area contributed by atoms with Crippen LogP contribution in [0.1, 0.15) is 31.8 Å². The van der Waals surface area contributed by atoms with E-state index in [2.05, 4.69) is 72.2 Å². The number of aromatic nitrogens is 6. The van der Waals surface area contributed by atoms with Crippen LogP contribution in [0.15, 0.2) is 94.7 Å². The molecule has 326 valence electrons. The molecule has 6 rings (SSSR count). The molecule has 0 radical (unpaired) electrons. The van der Waals surface area contributed by atoms with Crippen molar-refractivity contribution < 1.29 is 37.2 Å². The summed E-state index contributed by atoms with van der Waals surface area (Å²) in [5.74, 6) is 0.627. The third-order valence-electron chi connectivity index (χ3n) is 8.80. The van der Waals surface area contributed by atoms with Crippen molar-refractivity contribution in [2.24, 2.45) is 0 Å². The van der Waals surface area contributed by atoms with Gasteiger partial charge in [-0.3, -0.25) is 14.1 Å². The average molecular weight is 897 g/mol. The number of nitrogens with one attached hydrogen (secondary N) is 7. The Bertz CT molecular complexity index is 2750. The molecule has 2 amide bonds. The number of hydrogen-bond acceptors (Lipinski definition) is 20. The summed E-state index contributed by atoms with van der Waals surface area (Å²) in [5.41, 5.74) is 3.58. The molecule has 0 unspecified atom stereocenters. The normalized spacial score (nSPS) is 11.2. The number of nitrogens with zero attached hydrogens (tertiary/aromatic N) is 7. The van der Waals surface area contributed by atoms with Crippen LogP contribution in [0, 0.1) is 0 Å². The van der Waals surface area contributed by atoms with Gasteiger partial charge >= 0.3 is 0 Å². The second-order valence-corrected chi connectivity index (χ2v) is 15.0. The number of amides is 2. The highest BCUT2D eigenvalue weighted by molar-refractivity contribution is 7.94. The van der Waals surface area contributed by atoms with Gasteiger partial charge in [0.2, 0.25) is 35.7 Å². The Hall–Kier alpha value is -7.48. The summed E-state index contributed by atoms with van der Waals surface area (Å²) in [5, 5.41) is 33.0. The SMILES string of the molecule is CNC(=O)c1ccc(Nc2nc(NC)nc(Nc3ccc(/C=C/c4ccc(N(C)c5nc(NC)nc(Nc6ccc(C(=O)NC)cc6)n5)cc4S(=O)(=O)O)c(SOOO)c3)n2)cc1. The van der Waals surface area contributed by atoms with Crippen molar-refractivity contribution in [3.05, 3.63) is 107 Å². The fraction of sp³-hybridized carbons (Fsp3) is 0.128. The molecule has 4 aromatic carbocycles. The van der Waals surface area contributed by atoms with Crippen LogP contribution >= 0.6 is 12.0 Å². The summed E-state index contributed by atoms with van der Waals surface area (Å²) < 4.78 is 40.6. The van der Waals surface area contributed by atoms with Crippen molar-refractivity contribution >= 4 is 105 Å². The number of rotatable bonds is 18. The van der Waals surface area contributed by atoms with Gasteiger partial charge < -0.3 is 42.1 Å². The van der Waals surface area contributed by atoms with E-state index in [0.29, 0.717) is 56.4 Å². The Morgan fingerprint density at radius 2 is 1.10 bits per heavy atom. The first-order valence-electron chi connectivity index (χ1n) is 18.5. The van der Waals surface area contributed by atoms with Crippen molar-refractivity contribution in [3.63, 3.8) is 0 Å². The number of carbonyl (C=O) groups excluding carboxylic acids is 2. The van der Waals surface area contributed by atoms with Crippen LogP contribution < -0.4 is 42.1 Å². The van der Waals surface area contributed by atoms with E-state index in [4.69, 9.17) is 9.59 Å². The molecule has 0 saturated heterocycles.